The first-order valence-corrected chi connectivity index (χ1v) is 10.8. The molecule has 0 unspecified atom stereocenters. The molecule has 2 N–H and O–H groups in total. The van der Waals surface area contributed by atoms with Gasteiger partial charge in [-0.05, 0) is 24.6 Å². The first kappa shape index (κ1) is 24.2. The molecular weight excluding hydrogens is 495 g/mol. The van der Waals surface area contributed by atoms with E-state index in [0.717, 1.165) is 55.3 Å². The average Bonchev–Trinajstić information content (AvgIpc) is 3.24. The van der Waals surface area contributed by atoms with E-state index in [1.165, 1.54) is 11.3 Å². The Balaban J connectivity index is 0.000000504. The molecule has 0 atom stereocenters. The molecule has 2 aliphatic rings. The van der Waals surface area contributed by atoms with Gasteiger partial charge in [-0.25, -0.2) is 4.89 Å². The van der Waals surface area contributed by atoms with E-state index >= 15 is 0 Å². The van der Waals surface area contributed by atoms with Crippen LogP contribution in [0.2, 0.25) is 0 Å². The second-order valence-electron chi connectivity index (χ2n) is 6.82. The van der Waals surface area contributed by atoms with Crippen LogP contribution in [-0.2, 0) is 37.6 Å². The Kier molecular flexibility index (Phi) is 8.89. The van der Waals surface area contributed by atoms with Crippen molar-refractivity contribution in [2.75, 3.05) is 56.2 Å². The smallest absolute Gasteiger partial charge is 0.204 e. The Labute approximate surface area is 209 Å². The van der Waals surface area contributed by atoms with E-state index in [1.54, 1.807) is 13.0 Å². The maximum Gasteiger partial charge on any atom is 0.204 e. The van der Waals surface area contributed by atoms with E-state index in [4.69, 9.17) is 14.4 Å². The zero-order valence-electron chi connectivity index (χ0n) is 17.3. The summed E-state index contributed by atoms with van der Waals surface area (Å²) in [6.07, 6.45) is 0. The van der Waals surface area contributed by atoms with Crippen LogP contribution in [0.1, 0.15) is 6.92 Å². The van der Waals surface area contributed by atoms with E-state index in [9.17, 15) is 4.79 Å². The Morgan fingerprint density at radius 3 is 2.81 bits per heavy atom. The van der Waals surface area contributed by atoms with Crippen molar-refractivity contribution in [1.29, 1.82) is 0 Å². The van der Waals surface area contributed by atoms with Crippen LogP contribution in [0.5, 0.6) is 5.75 Å². The number of nitrogens with zero attached hydrogens (tertiary/aromatic N) is 2. The molecular formula is C21H24N3O5SY-. The summed E-state index contributed by atoms with van der Waals surface area (Å²) in [4.78, 5) is 18.2. The molecule has 1 radical (unpaired) electrons. The fourth-order valence-electron chi connectivity index (χ4n) is 3.42. The monoisotopic (exact) mass is 519 g/mol. The van der Waals surface area contributed by atoms with Gasteiger partial charge in [0.05, 0.1) is 12.3 Å². The van der Waals surface area contributed by atoms with Crippen LogP contribution in [0.15, 0.2) is 38.9 Å². The minimum Gasteiger partial charge on any atom is -0.659 e. The molecule has 0 bridgehead atoms. The molecule has 0 aliphatic carbocycles. The minimum atomic E-state index is 0. The van der Waals surface area contributed by atoms with Crippen molar-refractivity contribution in [1.82, 2.24) is 0 Å². The number of thiophene rings is 1. The van der Waals surface area contributed by atoms with E-state index in [-0.39, 0.29) is 38.1 Å². The number of piperazine rings is 1. The first-order chi connectivity index (χ1) is 14.7. The normalized spacial score (nSPS) is 15.1. The Morgan fingerprint density at radius 1 is 1.29 bits per heavy atom. The number of rotatable bonds is 3. The van der Waals surface area contributed by atoms with Crippen LogP contribution in [0.25, 0.3) is 26.7 Å². The van der Waals surface area contributed by atoms with Gasteiger partial charge < -0.3 is 24.7 Å². The summed E-state index contributed by atoms with van der Waals surface area (Å²) in [5.41, 5.74) is 3.61. The maximum atomic E-state index is 12.6. The van der Waals surface area contributed by atoms with Crippen molar-refractivity contribution in [2.45, 2.75) is 6.92 Å². The fraction of sp³-hybridized carbons (Fsp3) is 0.381. The number of nitrogens with one attached hydrogen (secondary N) is 1. The van der Waals surface area contributed by atoms with Crippen molar-refractivity contribution >= 4 is 33.2 Å². The molecule has 163 valence electrons. The molecule has 0 spiro atoms. The SMILES string of the molecule is CCOO.O=c1cc(N2CC[N-]CC2)oc2c(-c3ccc4c(c3)NCCO4)csc12.[Y]. The Morgan fingerprint density at radius 2 is 2.06 bits per heavy atom. The molecule has 1 saturated heterocycles. The van der Waals surface area contributed by atoms with Crippen LogP contribution in [0.3, 0.4) is 0 Å². The maximum absolute atomic E-state index is 12.6. The third-order valence-electron chi connectivity index (χ3n) is 4.89. The van der Waals surface area contributed by atoms with Gasteiger partial charge in [-0.2, -0.15) is 0 Å². The fourth-order valence-corrected chi connectivity index (χ4v) is 4.33. The number of hydrogen-bond donors (Lipinski definition) is 2. The second kappa shape index (κ2) is 11.4. The number of fused-ring (bicyclic) bond motifs is 2. The van der Waals surface area contributed by atoms with Gasteiger partial charge in [0, 0.05) is 69.4 Å². The third kappa shape index (κ3) is 5.47. The summed E-state index contributed by atoms with van der Waals surface area (Å²) in [5, 5.41) is 17.1. The Hall–Kier alpha value is -1.49. The minimum absolute atomic E-state index is 0. The molecule has 5 rings (SSSR count). The van der Waals surface area contributed by atoms with Gasteiger partial charge in [0.2, 0.25) is 5.43 Å². The molecule has 3 aromatic rings. The summed E-state index contributed by atoms with van der Waals surface area (Å²) < 4.78 is 12.5. The van der Waals surface area contributed by atoms with Crippen LogP contribution in [-0.4, -0.2) is 51.2 Å². The zero-order valence-corrected chi connectivity index (χ0v) is 21.0. The van der Waals surface area contributed by atoms with Crippen molar-refractivity contribution in [3.8, 4) is 16.9 Å². The number of benzene rings is 1. The van der Waals surface area contributed by atoms with Crippen molar-refractivity contribution in [2.24, 2.45) is 0 Å². The van der Waals surface area contributed by atoms with Gasteiger partial charge in [-0.1, -0.05) is 6.07 Å². The number of ether oxygens (including phenoxy) is 1. The molecule has 31 heavy (non-hydrogen) atoms. The molecule has 10 heteroatoms. The van der Waals surface area contributed by atoms with Crippen LogP contribution in [0, 0.1) is 0 Å². The zero-order chi connectivity index (χ0) is 20.9. The summed E-state index contributed by atoms with van der Waals surface area (Å²) in [5.74, 6) is 1.50. The molecule has 2 aromatic heterocycles. The standard InChI is InChI=1S/C19H18N3O3S.C2H6O2.Y/c23-15-10-17(22-6-3-20-4-7-22)25-18-13(11-26-19(15)18)12-1-2-16-14(9-12)21-5-8-24-16;1-2-4-3;/h1-2,9-11,21H,3-8H2;3H,2H2,1H3;/q-1;;. The predicted octanol–water partition coefficient (Wildman–Crippen LogP) is 4.01. The van der Waals surface area contributed by atoms with Crippen molar-refractivity contribution in [3.63, 3.8) is 0 Å². The molecule has 1 aromatic carbocycles. The van der Waals surface area contributed by atoms with Crippen molar-refractivity contribution < 1.29 is 52.0 Å². The van der Waals surface area contributed by atoms with Crippen molar-refractivity contribution in [3.05, 3.63) is 45.2 Å². The first-order valence-electron chi connectivity index (χ1n) is 9.92. The van der Waals surface area contributed by atoms with Gasteiger partial charge in [-0.3, -0.25) is 10.1 Å². The molecule has 0 saturated carbocycles. The topological polar surface area (TPSA) is 98.3 Å². The van der Waals surface area contributed by atoms with E-state index in [0.29, 0.717) is 29.4 Å². The quantitative estimate of drug-likeness (QED) is 0.399. The van der Waals surface area contributed by atoms with Crippen LogP contribution < -0.4 is 20.4 Å². The van der Waals surface area contributed by atoms with Crippen LogP contribution in [0.4, 0.5) is 11.6 Å². The molecule has 4 heterocycles. The molecule has 0 amide bonds. The second-order valence-corrected chi connectivity index (χ2v) is 7.70. The molecule has 1 fully saturated rings. The van der Waals surface area contributed by atoms with E-state index < -0.39 is 0 Å². The summed E-state index contributed by atoms with van der Waals surface area (Å²) >= 11 is 1.43. The Bertz CT molecular complexity index is 1060. The summed E-state index contributed by atoms with van der Waals surface area (Å²) in [7, 11) is 0. The summed E-state index contributed by atoms with van der Waals surface area (Å²) in [6, 6.07) is 7.65. The van der Waals surface area contributed by atoms with E-state index in [2.05, 4.69) is 26.5 Å². The third-order valence-corrected chi connectivity index (χ3v) is 5.87. The average molecular weight is 519 g/mol. The van der Waals surface area contributed by atoms with Gasteiger partial charge in [-0.15, -0.1) is 24.4 Å². The molecule has 8 nitrogen and oxygen atoms in total. The van der Waals surface area contributed by atoms with Crippen LogP contribution >= 0.6 is 11.3 Å². The molecule has 2 aliphatic heterocycles. The predicted molar refractivity (Wildman–Crippen MR) is 119 cm³/mol. The van der Waals surface area contributed by atoms with Gasteiger partial charge in [0.1, 0.15) is 17.1 Å². The summed E-state index contributed by atoms with van der Waals surface area (Å²) in [6.45, 7) is 6.67. The van der Waals surface area contributed by atoms with Gasteiger partial charge in [0.25, 0.3) is 0 Å². The van der Waals surface area contributed by atoms with Gasteiger partial charge >= 0.3 is 0 Å². The number of hydrogen-bond acceptors (Lipinski definition) is 8. The number of anilines is 2. The largest absolute Gasteiger partial charge is 0.659 e. The van der Waals surface area contributed by atoms with Gasteiger partial charge in [0.15, 0.2) is 11.5 Å². The van der Waals surface area contributed by atoms with E-state index in [1.807, 2.05) is 17.5 Å².